The van der Waals surface area contributed by atoms with Crippen LogP contribution in [0.4, 0.5) is 0 Å². The van der Waals surface area contributed by atoms with Crippen LogP contribution in [0, 0.1) is 3.57 Å². The number of rotatable bonds is 2. The smallest absolute Gasteiger partial charge is 0.264 e. The molecule has 0 bridgehead atoms. The molecule has 6 heteroatoms. The zero-order valence-corrected chi connectivity index (χ0v) is 12.9. The lowest BCUT2D eigenvalue weighted by molar-refractivity contribution is 0.970. The molecule has 2 aromatic heterocycles. The lowest BCUT2D eigenvalue weighted by Crippen LogP contribution is -2.15. The Balaban J connectivity index is 2.64. The minimum Gasteiger partial charge on any atom is -0.305 e. The third-order valence-electron chi connectivity index (χ3n) is 2.10. The van der Waals surface area contributed by atoms with Crippen LogP contribution in [0.2, 0.25) is 0 Å². The molecule has 0 aliphatic carbocycles. The summed E-state index contributed by atoms with van der Waals surface area (Å²) in [4.78, 5) is 19.9. The summed E-state index contributed by atoms with van der Waals surface area (Å²) in [5, 5.41) is 1.96. The van der Waals surface area contributed by atoms with E-state index in [-0.39, 0.29) is 5.56 Å². The van der Waals surface area contributed by atoms with Crippen LogP contribution in [0.15, 0.2) is 20.7 Å². The van der Waals surface area contributed by atoms with Crippen molar-refractivity contribution >= 4 is 49.9 Å². The second-order valence-corrected chi connectivity index (χ2v) is 5.98. The molecule has 1 N–H and O–H groups in total. The summed E-state index contributed by atoms with van der Waals surface area (Å²) in [5.41, 5.74) is 0.780. The maximum Gasteiger partial charge on any atom is 0.264 e. The predicted molar refractivity (Wildman–Crippen MR) is 78.0 cm³/mol. The Morgan fingerprint density at radius 2 is 2.38 bits per heavy atom. The lowest BCUT2D eigenvalue weighted by atomic mass is 10.3. The van der Waals surface area contributed by atoms with Crippen LogP contribution in [-0.4, -0.2) is 9.97 Å². The van der Waals surface area contributed by atoms with E-state index in [2.05, 4.69) is 25.9 Å². The van der Waals surface area contributed by atoms with Gasteiger partial charge in [-0.25, -0.2) is 4.98 Å². The summed E-state index contributed by atoms with van der Waals surface area (Å²) >= 11 is 7.03. The number of halogens is 2. The SMILES string of the molecule is CCc1nc(-c2sccc2Br)[nH]c(=O)c1I. The number of aromatic amines is 1. The number of H-pyrrole nitrogens is 1. The first-order valence-electron chi connectivity index (χ1n) is 4.65. The number of nitrogens with zero attached hydrogens (tertiary/aromatic N) is 1. The maximum absolute atomic E-state index is 11.7. The van der Waals surface area contributed by atoms with Crippen molar-refractivity contribution in [2.75, 3.05) is 0 Å². The van der Waals surface area contributed by atoms with Crippen LogP contribution < -0.4 is 5.56 Å². The molecule has 0 unspecified atom stereocenters. The Hall–Kier alpha value is -0.210. The van der Waals surface area contributed by atoms with Crippen LogP contribution in [0.3, 0.4) is 0 Å². The van der Waals surface area contributed by atoms with Crippen molar-refractivity contribution in [3.8, 4) is 10.7 Å². The molecule has 0 aliphatic rings. The van der Waals surface area contributed by atoms with Crippen molar-refractivity contribution in [3.63, 3.8) is 0 Å². The molecule has 0 saturated heterocycles. The summed E-state index contributed by atoms with van der Waals surface area (Å²) < 4.78 is 1.64. The van der Waals surface area contributed by atoms with Crippen molar-refractivity contribution in [2.24, 2.45) is 0 Å². The summed E-state index contributed by atoms with van der Waals surface area (Å²) in [6.07, 6.45) is 0.762. The van der Waals surface area contributed by atoms with Gasteiger partial charge in [0.2, 0.25) is 0 Å². The van der Waals surface area contributed by atoms with E-state index in [0.29, 0.717) is 9.39 Å². The Kier molecular flexibility index (Phi) is 3.81. The molecular weight excluding hydrogens is 403 g/mol. The molecule has 0 spiro atoms. The topological polar surface area (TPSA) is 45.8 Å². The molecule has 2 aromatic rings. The lowest BCUT2D eigenvalue weighted by Gasteiger charge is -2.03. The fourth-order valence-corrected chi connectivity index (χ4v) is 3.45. The molecule has 0 saturated carbocycles. The van der Waals surface area contributed by atoms with E-state index >= 15 is 0 Å². The third-order valence-corrected chi connectivity index (χ3v) is 5.06. The molecule has 2 rings (SSSR count). The third kappa shape index (κ3) is 2.23. The van der Waals surface area contributed by atoms with Crippen molar-refractivity contribution in [1.29, 1.82) is 0 Å². The van der Waals surface area contributed by atoms with E-state index < -0.39 is 0 Å². The highest BCUT2D eigenvalue weighted by atomic mass is 127. The molecule has 0 atom stereocenters. The Labute approximate surface area is 119 Å². The number of thiophene rings is 1. The Morgan fingerprint density at radius 3 is 2.94 bits per heavy atom. The Bertz CT molecular complexity index is 578. The summed E-state index contributed by atoms with van der Waals surface area (Å²) in [6.45, 7) is 2.00. The van der Waals surface area contributed by atoms with Crippen LogP contribution in [0.5, 0.6) is 0 Å². The molecule has 0 aromatic carbocycles. The zero-order chi connectivity index (χ0) is 11.7. The highest BCUT2D eigenvalue weighted by molar-refractivity contribution is 14.1. The molecule has 3 nitrogen and oxygen atoms in total. The molecule has 16 heavy (non-hydrogen) atoms. The molecule has 2 heterocycles. The van der Waals surface area contributed by atoms with Crippen molar-refractivity contribution < 1.29 is 0 Å². The van der Waals surface area contributed by atoms with Gasteiger partial charge in [-0.05, 0) is 56.4 Å². The quantitative estimate of drug-likeness (QED) is 0.771. The van der Waals surface area contributed by atoms with Crippen LogP contribution in [0.25, 0.3) is 10.7 Å². The van der Waals surface area contributed by atoms with Gasteiger partial charge in [-0.15, -0.1) is 11.3 Å². The zero-order valence-electron chi connectivity index (χ0n) is 8.38. The van der Waals surface area contributed by atoms with E-state index in [0.717, 1.165) is 21.5 Å². The summed E-state index contributed by atoms with van der Waals surface area (Å²) in [5.74, 6) is 0.643. The molecule has 0 aliphatic heterocycles. The molecule has 84 valence electrons. The van der Waals surface area contributed by atoms with E-state index in [4.69, 9.17) is 0 Å². The van der Waals surface area contributed by atoms with Crippen molar-refractivity contribution in [3.05, 3.63) is 35.5 Å². The first kappa shape index (κ1) is 12.3. The van der Waals surface area contributed by atoms with Gasteiger partial charge in [0.05, 0.1) is 14.1 Å². The van der Waals surface area contributed by atoms with Gasteiger partial charge in [0, 0.05) is 4.47 Å². The van der Waals surface area contributed by atoms with E-state index in [1.807, 2.05) is 41.0 Å². The van der Waals surface area contributed by atoms with Crippen molar-refractivity contribution in [2.45, 2.75) is 13.3 Å². The monoisotopic (exact) mass is 410 g/mol. The van der Waals surface area contributed by atoms with Gasteiger partial charge >= 0.3 is 0 Å². The van der Waals surface area contributed by atoms with Gasteiger partial charge < -0.3 is 4.98 Å². The first-order chi connectivity index (χ1) is 7.63. The van der Waals surface area contributed by atoms with Crippen LogP contribution in [0.1, 0.15) is 12.6 Å². The average Bonchev–Trinajstić information content (AvgIpc) is 2.68. The molecule has 0 amide bonds. The largest absolute Gasteiger partial charge is 0.305 e. The Morgan fingerprint density at radius 1 is 1.62 bits per heavy atom. The van der Waals surface area contributed by atoms with Gasteiger partial charge in [0.25, 0.3) is 5.56 Å². The molecule has 0 radical (unpaired) electrons. The summed E-state index contributed by atoms with van der Waals surface area (Å²) in [7, 11) is 0. The number of nitrogens with one attached hydrogen (secondary N) is 1. The highest BCUT2D eigenvalue weighted by Crippen LogP contribution is 2.30. The maximum atomic E-state index is 11.7. The van der Waals surface area contributed by atoms with Gasteiger partial charge in [-0.3, -0.25) is 4.79 Å². The normalized spacial score (nSPS) is 10.7. The minimum absolute atomic E-state index is 0.0669. The predicted octanol–water partition coefficient (Wildman–Crippen LogP) is 3.43. The summed E-state index contributed by atoms with van der Waals surface area (Å²) in [6, 6.07) is 1.95. The van der Waals surface area contributed by atoms with Crippen LogP contribution >= 0.6 is 49.9 Å². The highest BCUT2D eigenvalue weighted by Gasteiger charge is 2.11. The van der Waals surface area contributed by atoms with Gasteiger partial charge in [0.15, 0.2) is 5.82 Å². The standard InChI is InChI=1S/C10H8BrIN2OS/c1-2-6-7(12)10(15)14-9(13-6)8-5(11)3-4-16-8/h3-4H,2H2,1H3,(H,13,14,15). The van der Waals surface area contributed by atoms with Crippen LogP contribution in [-0.2, 0) is 6.42 Å². The fraction of sp³-hybridized carbons (Fsp3) is 0.200. The average molecular weight is 411 g/mol. The second kappa shape index (κ2) is 4.97. The van der Waals surface area contributed by atoms with E-state index in [1.165, 1.54) is 0 Å². The van der Waals surface area contributed by atoms with Gasteiger partial charge in [0.1, 0.15) is 0 Å². The fourth-order valence-electron chi connectivity index (χ4n) is 1.31. The van der Waals surface area contributed by atoms with Gasteiger partial charge in [-0.2, -0.15) is 0 Å². The molecule has 0 fully saturated rings. The van der Waals surface area contributed by atoms with Crippen molar-refractivity contribution in [1.82, 2.24) is 9.97 Å². The number of aromatic nitrogens is 2. The van der Waals surface area contributed by atoms with E-state index in [9.17, 15) is 4.79 Å². The first-order valence-corrected chi connectivity index (χ1v) is 7.40. The van der Waals surface area contributed by atoms with Gasteiger partial charge in [-0.1, -0.05) is 6.92 Å². The number of aryl methyl sites for hydroxylation is 1. The van der Waals surface area contributed by atoms with E-state index in [1.54, 1.807) is 11.3 Å². The molecular formula is C10H8BrIN2OS. The number of hydrogen-bond donors (Lipinski definition) is 1. The number of hydrogen-bond acceptors (Lipinski definition) is 3. The minimum atomic E-state index is -0.0669. The second-order valence-electron chi connectivity index (χ2n) is 3.13.